The largest absolute Gasteiger partial charge is 0.331 e. The summed E-state index contributed by atoms with van der Waals surface area (Å²) in [6, 6.07) is 10.8. The van der Waals surface area contributed by atoms with E-state index < -0.39 is 10.0 Å². The number of primary sulfonamides is 1. The molecule has 0 bridgehead atoms. The molecule has 3 rings (SSSR count). The van der Waals surface area contributed by atoms with Crippen LogP contribution in [0.25, 0.3) is 0 Å². The molecule has 1 amide bonds. The molecule has 2 aromatic carbocycles. The van der Waals surface area contributed by atoms with Crippen LogP contribution < -0.4 is 20.8 Å². The van der Waals surface area contributed by atoms with Crippen molar-refractivity contribution >= 4 is 61.9 Å². The van der Waals surface area contributed by atoms with Gasteiger partial charge >= 0.3 is 0 Å². The number of thiocarbonyl (C=S) groups is 1. The lowest BCUT2D eigenvalue weighted by Gasteiger charge is -2.09. The summed E-state index contributed by atoms with van der Waals surface area (Å²) in [7, 11) is -2.13. The number of sulfonamides is 1. The Morgan fingerprint density at radius 3 is 2.52 bits per heavy atom. The number of rotatable bonds is 3. The lowest BCUT2D eigenvalue weighted by atomic mass is 10.1. The van der Waals surface area contributed by atoms with Crippen molar-refractivity contribution in [2.45, 2.75) is 4.90 Å². The number of carbonyl (C=O) groups is 1. The second kappa shape index (κ2) is 7.24. The van der Waals surface area contributed by atoms with E-state index in [2.05, 4.69) is 15.8 Å². The first kappa shape index (κ1) is 19.2. The third-order valence-corrected chi connectivity index (χ3v) is 5.15. The fourth-order valence-electron chi connectivity index (χ4n) is 2.47. The summed E-state index contributed by atoms with van der Waals surface area (Å²) in [5.74, 6) is -0.292. The van der Waals surface area contributed by atoms with Gasteiger partial charge in [-0.25, -0.2) is 13.6 Å². The topological polar surface area (TPSA) is 117 Å². The zero-order valence-corrected chi connectivity index (χ0v) is 16.3. The molecule has 1 aliphatic heterocycles. The predicted molar refractivity (Wildman–Crippen MR) is 109 cm³/mol. The van der Waals surface area contributed by atoms with Crippen LogP contribution in [0.3, 0.4) is 0 Å². The van der Waals surface area contributed by atoms with E-state index in [1.807, 2.05) is 0 Å². The van der Waals surface area contributed by atoms with Crippen molar-refractivity contribution in [2.75, 3.05) is 17.3 Å². The van der Waals surface area contributed by atoms with Crippen LogP contribution in [0.15, 0.2) is 52.5 Å². The number of carbonyl (C=O) groups excluding carboxylic acids is 1. The number of nitrogens with zero attached hydrogens (tertiary/aromatic N) is 2. The zero-order valence-electron chi connectivity index (χ0n) is 13.9. The molecule has 4 N–H and O–H groups in total. The Morgan fingerprint density at radius 2 is 1.89 bits per heavy atom. The SMILES string of the molecule is CN1C(=O)C(=NNC(=S)Nc2ccc(S(N)(=O)=O)cc2)c2ccc(Cl)cc21. The molecule has 0 saturated heterocycles. The molecule has 140 valence electrons. The van der Waals surface area contributed by atoms with E-state index in [9.17, 15) is 13.2 Å². The third kappa shape index (κ3) is 4.08. The van der Waals surface area contributed by atoms with Crippen molar-refractivity contribution in [3.63, 3.8) is 0 Å². The Morgan fingerprint density at radius 1 is 1.22 bits per heavy atom. The van der Waals surface area contributed by atoms with Gasteiger partial charge in [0, 0.05) is 23.3 Å². The van der Waals surface area contributed by atoms with Crippen molar-refractivity contribution in [1.29, 1.82) is 0 Å². The second-order valence-electron chi connectivity index (χ2n) is 5.62. The average molecular weight is 424 g/mol. The Bertz CT molecular complexity index is 1070. The van der Waals surface area contributed by atoms with Crippen molar-refractivity contribution < 1.29 is 13.2 Å². The predicted octanol–water partition coefficient (Wildman–Crippen LogP) is 1.65. The lowest BCUT2D eigenvalue weighted by molar-refractivity contribution is -0.111. The van der Waals surface area contributed by atoms with Crippen LogP contribution in [0.4, 0.5) is 11.4 Å². The number of hydrazone groups is 1. The maximum Gasteiger partial charge on any atom is 0.279 e. The molecule has 0 aliphatic carbocycles. The number of benzene rings is 2. The van der Waals surface area contributed by atoms with Crippen LogP contribution in [-0.4, -0.2) is 32.2 Å². The zero-order chi connectivity index (χ0) is 19.8. The molecule has 1 heterocycles. The molecule has 0 radical (unpaired) electrons. The minimum absolute atomic E-state index is 0.0120. The molecule has 0 unspecified atom stereocenters. The molecule has 1 aliphatic rings. The van der Waals surface area contributed by atoms with Crippen LogP contribution in [0.5, 0.6) is 0 Å². The highest BCUT2D eigenvalue weighted by Gasteiger charge is 2.31. The van der Waals surface area contributed by atoms with Gasteiger partial charge in [-0.15, -0.1) is 0 Å². The molecular formula is C16H14ClN5O3S2. The van der Waals surface area contributed by atoms with E-state index in [1.165, 1.54) is 29.2 Å². The second-order valence-corrected chi connectivity index (χ2v) is 8.03. The summed E-state index contributed by atoms with van der Waals surface area (Å²) >= 11 is 11.1. The number of hydrogen-bond donors (Lipinski definition) is 3. The summed E-state index contributed by atoms with van der Waals surface area (Å²) in [6.45, 7) is 0. The molecule has 0 spiro atoms. The monoisotopic (exact) mass is 423 g/mol. The molecule has 8 nitrogen and oxygen atoms in total. The molecular weight excluding hydrogens is 410 g/mol. The molecule has 27 heavy (non-hydrogen) atoms. The summed E-state index contributed by atoms with van der Waals surface area (Å²) in [6.07, 6.45) is 0. The number of halogens is 1. The highest BCUT2D eigenvalue weighted by atomic mass is 35.5. The average Bonchev–Trinajstić information content (AvgIpc) is 2.83. The van der Waals surface area contributed by atoms with Gasteiger partial charge in [-0.05, 0) is 54.7 Å². The van der Waals surface area contributed by atoms with Gasteiger partial charge in [-0.3, -0.25) is 10.2 Å². The minimum Gasteiger partial charge on any atom is -0.331 e. The number of amides is 1. The molecule has 0 fully saturated rings. The summed E-state index contributed by atoms with van der Waals surface area (Å²) in [5.41, 5.74) is 4.64. The van der Waals surface area contributed by atoms with E-state index in [0.717, 1.165) is 0 Å². The smallest absolute Gasteiger partial charge is 0.279 e. The van der Waals surface area contributed by atoms with E-state index in [0.29, 0.717) is 22.0 Å². The first-order valence-electron chi connectivity index (χ1n) is 7.52. The first-order valence-corrected chi connectivity index (χ1v) is 9.85. The third-order valence-electron chi connectivity index (χ3n) is 3.79. The van der Waals surface area contributed by atoms with Gasteiger partial charge in [0.25, 0.3) is 5.91 Å². The molecule has 0 saturated carbocycles. The standard InChI is InChI=1S/C16H14ClN5O3S2/c1-22-13-8-9(17)2-7-12(13)14(15(22)23)20-21-16(26)19-10-3-5-11(6-4-10)27(18,24)25/h2-8H,1H3,(H2,18,24,25)(H2,19,21,26). The van der Waals surface area contributed by atoms with Gasteiger partial charge in [0.1, 0.15) is 0 Å². The van der Waals surface area contributed by atoms with Crippen LogP contribution >= 0.6 is 23.8 Å². The summed E-state index contributed by atoms with van der Waals surface area (Å²) < 4.78 is 22.5. The minimum atomic E-state index is -3.76. The maximum absolute atomic E-state index is 12.4. The molecule has 0 atom stereocenters. The highest BCUT2D eigenvalue weighted by molar-refractivity contribution is 7.89. The Balaban J connectivity index is 1.73. The van der Waals surface area contributed by atoms with E-state index in [4.69, 9.17) is 29.0 Å². The first-order chi connectivity index (χ1) is 12.7. The van der Waals surface area contributed by atoms with Crippen LogP contribution in [0.2, 0.25) is 5.02 Å². The van der Waals surface area contributed by atoms with Crippen molar-refractivity contribution in [3.8, 4) is 0 Å². The number of anilines is 2. The summed E-state index contributed by atoms with van der Waals surface area (Å²) in [5, 5.41) is 12.6. The number of nitrogens with two attached hydrogens (primary N) is 1. The van der Waals surface area contributed by atoms with Gasteiger partial charge in [-0.2, -0.15) is 5.10 Å². The molecule has 2 aromatic rings. The fourth-order valence-corrected chi connectivity index (χ4v) is 3.31. The number of fused-ring (bicyclic) bond motifs is 1. The Labute approximate surface area is 166 Å². The van der Waals surface area contributed by atoms with E-state index >= 15 is 0 Å². The van der Waals surface area contributed by atoms with E-state index in [-0.39, 0.29) is 21.6 Å². The van der Waals surface area contributed by atoms with Gasteiger partial charge in [0.05, 0.1) is 10.6 Å². The van der Waals surface area contributed by atoms with Crippen molar-refractivity contribution in [1.82, 2.24) is 5.43 Å². The molecule has 11 heteroatoms. The van der Waals surface area contributed by atoms with Gasteiger partial charge in [0.15, 0.2) is 10.8 Å². The Hall–Kier alpha value is -2.53. The van der Waals surface area contributed by atoms with Gasteiger partial charge < -0.3 is 10.2 Å². The fraction of sp³-hybridized carbons (Fsp3) is 0.0625. The van der Waals surface area contributed by atoms with Gasteiger partial charge in [-0.1, -0.05) is 11.6 Å². The normalized spacial score (nSPS) is 15.0. The van der Waals surface area contributed by atoms with Crippen molar-refractivity contribution in [3.05, 3.63) is 53.1 Å². The van der Waals surface area contributed by atoms with Crippen LogP contribution in [-0.2, 0) is 14.8 Å². The number of hydrogen-bond acceptors (Lipinski definition) is 5. The number of nitrogens with one attached hydrogen (secondary N) is 2. The Kier molecular flexibility index (Phi) is 5.16. The quantitative estimate of drug-likeness (QED) is 0.510. The van der Waals surface area contributed by atoms with Crippen molar-refractivity contribution in [2.24, 2.45) is 10.2 Å². The highest BCUT2D eigenvalue weighted by Crippen LogP contribution is 2.30. The molecule has 0 aromatic heterocycles. The maximum atomic E-state index is 12.4. The summed E-state index contributed by atoms with van der Waals surface area (Å²) in [4.78, 5) is 13.8. The van der Waals surface area contributed by atoms with E-state index in [1.54, 1.807) is 25.2 Å². The van der Waals surface area contributed by atoms with Gasteiger partial charge in [0.2, 0.25) is 10.0 Å². The number of likely N-dealkylation sites (N-methyl/N-ethyl adjacent to an activating group) is 1. The van der Waals surface area contributed by atoms with Crippen LogP contribution in [0, 0.1) is 0 Å². The lowest BCUT2D eigenvalue weighted by Crippen LogP contribution is -2.30. The van der Waals surface area contributed by atoms with Crippen LogP contribution in [0.1, 0.15) is 5.56 Å².